The van der Waals surface area contributed by atoms with Gasteiger partial charge in [0.1, 0.15) is 6.29 Å². The highest BCUT2D eigenvalue weighted by atomic mass is 16.2. The van der Waals surface area contributed by atoms with Crippen LogP contribution in [0.15, 0.2) is 0 Å². The minimum atomic E-state index is -0.351. The van der Waals surface area contributed by atoms with E-state index in [0.29, 0.717) is 25.5 Å². The second-order valence-electron chi connectivity index (χ2n) is 2.35. The first kappa shape index (κ1) is 10.0. The lowest BCUT2D eigenvalue weighted by molar-refractivity contribution is -0.129. The monoisotopic (exact) mass is 156 g/mol. The van der Waals surface area contributed by atoms with Crippen LogP contribution in [0.2, 0.25) is 0 Å². The topological polar surface area (TPSA) is 51.2 Å². The first-order valence-electron chi connectivity index (χ1n) is 3.73. The highest BCUT2D eigenvalue weighted by Crippen LogP contribution is 2.01. The number of ketones is 1. The summed E-state index contributed by atoms with van der Waals surface area (Å²) < 4.78 is 0. The third-order valence-corrected chi connectivity index (χ3v) is 1.38. The SMILES string of the molecule is O=CCCCCCC(=O)C=O. The van der Waals surface area contributed by atoms with E-state index in [4.69, 9.17) is 0 Å². The highest BCUT2D eigenvalue weighted by molar-refractivity contribution is 6.24. The predicted molar refractivity (Wildman–Crippen MR) is 40.2 cm³/mol. The van der Waals surface area contributed by atoms with Crippen molar-refractivity contribution < 1.29 is 14.4 Å². The zero-order valence-electron chi connectivity index (χ0n) is 6.41. The van der Waals surface area contributed by atoms with Crippen LogP contribution in [-0.4, -0.2) is 18.4 Å². The van der Waals surface area contributed by atoms with Crippen molar-refractivity contribution in [3.63, 3.8) is 0 Å². The second kappa shape index (κ2) is 7.12. The van der Waals surface area contributed by atoms with Crippen LogP contribution in [0, 0.1) is 0 Å². The number of hydrogen-bond donors (Lipinski definition) is 0. The lowest BCUT2D eigenvalue weighted by Crippen LogP contribution is -1.97. The zero-order valence-corrected chi connectivity index (χ0v) is 6.41. The lowest BCUT2D eigenvalue weighted by atomic mass is 10.1. The molecule has 11 heavy (non-hydrogen) atoms. The van der Waals surface area contributed by atoms with E-state index >= 15 is 0 Å². The Hall–Kier alpha value is -0.990. The number of aldehydes is 2. The fourth-order valence-corrected chi connectivity index (χ4v) is 0.763. The molecule has 0 aliphatic carbocycles. The molecule has 3 heteroatoms. The van der Waals surface area contributed by atoms with Gasteiger partial charge in [-0.1, -0.05) is 6.42 Å². The van der Waals surface area contributed by atoms with Crippen LogP contribution < -0.4 is 0 Å². The molecule has 0 heterocycles. The van der Waals surface area contributed by atoms with E-state index in [1.54, 1.807) is 0 Å². The van der Waals surface area contributed by atoms with Gasteiger partial charge in [0.05, 0.1) is 0 Å². The van der Waals surface area contributed by atoms with Gasteiger partial charge in [0.2, 0.25) is 0 Å². The molecule has 0 rings (SSSR count). The van der Waals surface area contributed by atoms with Gasteiger partial charge in [0.15, 0.2) is 12.1 Å². The smallest absolute Gasteiger partial charge is 0.195 e. The van der Waals surface area contributed by atoms with E-state index < -0.39 is 0 Å². The van der Waals surface area contributed by atoms with E-state index in [2.05, 4.69) is 0 Å². The van der Waals surface area contributed by atoms with Gasteiger partial charge in [-0.25, -0.2) is 0 Å². The molecule has 0 aromatic rings. The Morgan fingerprint density at radius 2 is 1.82 bits per heavy atom. The molecule has 0 bridgehead atoms. The van der Waals surface area contributed by atoms with E-state index in [1.807, 2.05) is 0 Å². The molecule has 0 N–H and O–H groups in total. The van der Waals surface area contributed by atoms with Crippen LogP contribution in [0.3, 0.4) is 0 Å². The Kier molecular flexibility index (Phi) is 6.48. The molecule has 0 spiro atoms. The molecular weight excluding hydrogens is 144 g/mol. The van der Waals surface area contributed by atoms with Crippen molar-refractivity contribution in [1.29, 1.82) is 0 Å². The van der Waals surface area contributed by atoms with Gasteiger partial charge in [-0.2, -0.15) is 0 Å². The molecule has 0 unspecified atom stereocenters. The molecule has 0 atom stereocenters. The molecule has 0 aliphatic heterocycles. The van der Waals surface area contributed by atoms with E-state index in [0.717, 1.165) is 19.1 Å². The van der Waals surface area contributed by atoms with Gasteiger partial charge < -0.3 is 4.79 Å². The third kappa shape index (κ3) is 6.90. The predicted octanol–water partition coefficient (Wildman–Crippen LogP) is 0.904. The van der Waals surface area contributed by atoms with Crippen LogP contribution in [0.5, 0.6) is 0 Å². The standard InChI is InChI=1S/C8H12O3/c9-6-4-2-1-3-5-8(11)7-10/h6-7H,1-5H2. The quantitative estimate of drug-likeness (QED) is 0.312. The number of carbonyl (C=O) groups is 3. The maximum Gasteiger partial charge on any atom is 0.195 e. The summed E-state index contributed by atoms with van der Waals surface area (Å²) in [5.74, 6) is -0.351. The van der Waals surface area contributed by atoms with Crippen molar-refractivity contribution in [2.45, 2.75) is 32.1 Å². The molecule has 0 amide bonds. The molecule has 3 nitrogen and oxygen atoms in total. The summed E-state index contributed by atoms with van der Waals surface area (Å²) in [5, 5.41) is 0. The van der Waals surface area contributed by atoms with E-state index in [1.165, 1.54) is 0 Å². The van der Waals surface area contributed by atoms with Crippen LogP contribution >= 0.6 is 0 Å². The van der Waals surface area contributed by atoms with Crippen molar-refractivity contribution in [3.8, 4) is 0 Å². The van der Waals surface area contributed by atoms with Crippen LogP contribution in [0.4, 0.5) is 0 Å². The summed E-state index contributed by atoms with van der Waals surface area (Å²) in [6.45, 7) is 0. The van der Waals surface area contributed by atoms with Gasteiger partial charge >= 0.3 is 0 Å². The second-order valence-corrected chi connectivity index (χ2v) is 2.35. The van der Waals surface area contributed by atoms with Crippen LogP contribution in [0.1, 0.15) is 32.1 Å². The minimum absolute atomic E-state index is 0.322. The summed E-state index contributed by atoms with van der Waals surface area (Å²) in [5.41, 5.74) is 0. The molecule has 0 saturated heterocycles. The third-order valence-electron chi connectivity index (χ3n) is 1.38. The number of Topliss-reactive ketones (excluding diaryl/α,β-unsaturated/α-hetero) is 1. The zero-order chi connectivity index (χ0) is 8.53. The number of unbranched alkanes of at least 4 members (excludes halogenated alkanes) is 3. The van der Waals surface area contributed by atoms with E-state index in [-0.39, 0.29) is 5.78 Å². The molecule has 0 saturated carbocycles. The van der Waals surface area contributed by atoms with Crippen molar-refractivity contribution in [3.05, 3.63) is 0 Å². The van der Waals surface area contributed by atoms with Crippen molar-refractivity contribution in [2.75, 3.05) is 0 Å². The maximum absolute atomic E-state index is 10.4. The number of carbonyl (C=O) groups excluding carboxylic acids is 3. The fraction of sp³-hybridized carbons (Fsp3) is 0.625. The summed E-state index contributed by atoms with van der Waals surface area (Å²) in [7, 11) is 0. The average molecular weight is 156 g/mol. The normalized spacial score (nSPS) is 9.09. The Morgan fingerprint density at radius 1 is 1.09 bits per heavy atom. The molecule has 62 valence electrons. The van der Waals surface area contributed by atoms with Gasteiger partial charge in [-0.05, 0) is 12.8 Å². The fourth-order valence-electron chi connectivity index (χ4n) is 0.763. The largest absolute Gasteiger partial charge is 0.303 e. The Bertz CT molecular complexity index is 140. The van der Waals surface area contributed by atoms with Crippen LogP contribution in [0.25, 0.3) is 0 Å². The summed E-state index contributed by atoms with van der Waals surface area (Å²) in [6, 6.07) is 0. The van der Waals surface area contributed by atoms with Gasteiger partial charge in [0.25, 0.3) is 0 Å². The molecule has 0 aliphatic rings. The molecule has 0 radical (unpaired) electrons. The molecule has 0 fully saturated rings. The summed E-state index contributed by atoms with van der Waals surface area (Å²) in [4.78, 5) is 30.1. The summed E-state index contributed by atoms with van der Waals surface area (Å²) in [6.07, 6.45) is 4.46. The van der Waals surface area contributed by atoms with Crippen molar-refractivity contribution in [2.24, 2.45) is 0 Å². The number of hydrogen-bond acceptors (Lipinski definition) is 3. The van der Waals surface area contributed by atoms with Gasteiger partial charge in [-0.3, -0.25) is 9.59 Å². The summed E-state index contributed by atoms with van der Waals surface area (Å²) >= 11 is 0. The lowest BCUT2D eigenvalue weighted by Gasteiger charge is -1.92. The van der Waals surface area contributed by atoms with Crippen molar-refractivity contribution >= 4 is 18.4 Å². The van der Waals surface area contributed by atoms with Gasteiger partial charge in [-0.15, -0.1) is 0 Å². The van der Waals surface area contributed by atoms with Crippen molar-refractivity contribution in [1.82, 2.24) is 0 Å². The van der Waals surface area contributed by atoms with Gasteiger partial charge in [0, 0.05) is 12.8 Å². The Morgan fingerprint density at radius 3 is 2.36 bits per heavy atom. The number of rotatable bonds is 7. The average Bonchev–Trinajstić information content (AvgIpc) is 2.04. The maximum atomic E-state index is 10.4. The Balaban J connectivity index is 3.07. The molecule has 0 aromatic carbocycles. The molecular formula is C8H12O3. The first-order chi connectivity index (χ1) is 5.31. The highest BCUT2D eigenvalue weighted by Gasteiger charge is 1.97. The first-order valence-corrected chi connectivity index (χ1v) is 3.73. The minimum Gasteiger partial charge on any atom is -0.303 e. The van der Waals surface area contributed by atoms with Crippen LogP contribution in [-0.2, 0) is 14.4 Å². The molecule has 0 aromatic heterocycles. The Labute approximate surface area is 65.8 Å². The van der Waals surface area contributed by atoms with E-state index in [9.17, 15) is 14.4 Å².